The first-order chi connectivity index (χ1) is 10.5. The van der Waals surface area contributed by atoms with Crippen molar-refractivity contribution in [1.82, 2.24) is 5.32 Å². The minimum Gasteiger partial charge on any atom is -0.291 e. The summed E-state index contributed by atoms with van der Waals surface area (Å²) in [6.07, 6.45) is 0. The van der Waals surface area contributed by atoms with E-state index in [9.17, 15) is 9.59 Å². The van der Waals surface area contributed by atoms with E-state index < -0.39 is 10.7 Å². The zero-order valence-corrected chi connectivity index (χ0v) is 15.1. The molecular formula is C17H15Br2NO2. The summed E-state index contributed by atoms with van der Waals surface area (Å²) in [7, 11) is 0. The van der Waals surface area contributed by atoms with Crippen molar-refractivity contribution in [2.45, 2.75) is 16.6 Å². The second-order valence-electron chi connectivity index (χ2n) is 4.90. The first-order valence-electron chi connectivity index (χ1n) is 6.74. The Morgan fingerprint density at radius 1 is 1.00 bits per heavy atom. The van der Waals surface area contributed by atoms with Crippen LogP contribution < -0.4 is 5.32 Å². The van der Waals surface area contributed by atoms with Crippen molar-refractivity contribution in [3.05, 3.63) is 71.3 Å². The van der Waals surface area contributed by atoms with Crippen molar-refractivity contribution in [2.75, 3.05) is 0 Å². The van der Waals surface area contributed by atoms with E-state index in [0.717, 1.165) is 11.1 Å². The van der Waals surface area contributed by atoms with E-state index >= 15 is 0 Å². The molecular weight excluding hydrogens is 410 g/mol. The van der Waals surface area contributed by atoms with Crippen LogP contribution in [-0.2, 0) is 4.79 Å². The minimum atomic E-state index is -0.552. The fourth-order valence-electron chi connectivity index (χ4n) is 1.98. The third kappa shape index (κ3) is 4.27. The molecule has 0 fully saturated rings. The van der Waals surface area contributed by atoms with E-state index in [1.807, 2.05) is 43.3 Å². The van der Waals surface area contributed by atoms with Crippen LogP contribution in [0.4, 0.5) is 0 Å². The summed E-state index contributed by atoms with van der Waals surface area (Å²) in [6, 6.07) is 16.7. The quantitative estimate of drug-likeness (QED) is 0.749. The van der Waals surface area contributed by atoms with E-state index in [1.165, 1.54) is 0 Å². The topological polar surface area (TPSA) is 46.2 Å². The molecule has 0 saturated carbocycles. The average Bonchev–Trinajstić information content (AvgIpc) is 2.54. The van der Waals surface area contributed by atoms with Crippen LogP contribution in [0.1, 0.15) is 26.3 Å². The average molecular weight is 425 g/mol. The zero-order valence-electron chi connectivity index (χ0n) is 11.9. The SMILES string of the molecule is Cc1cccc(C(=O)NC(=O)C(Br)C(Br)c2ccccc2)c1. The molecule has 1 N–H and O–H groups in total. The summed E-state index contributed by atoms with van der Waals surface area (Å²) < 4.78 is 0. The highest BCUT2D eigenvalue weighted by Gasteiger charge is 2.26. The number of carbonyl (C=O) groups excluding carboxylic acids is 2. The summed E-state index contributed by atoms with van der Waals surface area (Å²) in [4.78, 5) is 23.5. The summed E-state index contributed by atoms with van der Waals surface area (Å²) in [5.41, 5.74) is 2.40. The third-order valence-electron chi connectivity index (χ3n) is 3.14. The minimum absolute atomic E-state index is 0.223. The van der Waals surface area contributed by atoms with Gasteiger partial charge in [0.2, 0.25) is 5.91 Å². The largest absolute Gasteiger partial charge is 0.291 e. The molecule has 2 atom stereocenters. The lowest BCUT2D eigenvalue weighted by Gasteiger charge is -2.16. The van der Waals surface area contributed by atoms with Crippen molar-refractivity contribution in [3.63, 3.8) is 0 Å². The molecule has 2 aromatic carbocycles. The number of benzene rings is 2. The highest BCUT2D eigenvalue weighted by atomic mass is 79.9. The Hall–Kier alpha value is -1.46. The fraction of sp³-hybridized carbons (Fsp3) is 0.176. The first kappa shape index (κ1) is 16.9. The van der Waals surface area contributed by atoms with E-state index in [2.05, 4.69) is 37.2 Å². The highest BCUT2D eigenvalue weighted by Crippen LogP contribution is 2.31. The fourth-order valence-corrected chi connectivity index (χ4v) is 2.94. The molecule has 0 aliphatic heterocycles. The van der Waals surface area contributed by atoms with Gasteiger partial charge in [-0.15, -0.1) is 0 Å². The van der Waals surface area contributed by atoms with Gasteiger partial charge < -0.3 is 0 Å². The number of hydrogen-bond acceptors (Lipinski definition) is 2. The molecule has 2 unspecified atom stereocenters. The maximum absolute atomic E-state index is 12.2. The van der Waals surface area contributed by atoms with Gasteiger partial charge >= 0.3 is 0 Å². The van der Waals surface area contributed by atoms with Crippen LogP contribution >= 0.6 is 31.9 Å². The molecule has 0 aliphatic rings. The van der Waals surface area contributed by atoms with Crippen LogP contribution in [0.5, 0.6) is 0 Å². The van der Waals surface area contributed by atoms with E-state index in [4.69, 9.17) is 0 Å². The van der Waals surface area contributed by atoms with E-state index in [0.29, 0.717) is 5.56 Å². The van der Waals surface area contributed by atoms with Gasteiger partial charge in [0.1, 0.15) is 4.83 Å². The number of alkyl halides is 2. The van der Waals surface area contributed by atoms with Crippen LogP contribution in [0.15, 0.2) is 54.6 Å². The third-order valence-corrected chi connectivity index (χ3v) is 5.85. The lowest BCUT2D eigenvalue weighted by atomic mass is 10.1. The molecule has 0 bridgehead atoms. The Bertz CT molecular complexity index is 673. The van der Waals surface area contributed by atoms with Crippen molar-refractivity contribution >= 4 is 43.7 Å². The smallest absolute Gasteiger partial charge is 0.257 e. The van der Waals surface area contributed by atoms with Gasteiger partial charge in [0, 0.05) is 5.56 Å². The van der Waals surface area contributed by atoms with Crippen molar-refractivity contribution in [3.8, 4) is 0 Å². The van der Waals surface area contributed by atoms with Gasteiger partial charge in [-0.25, -0.2) is 0 Å². The molecule has 114 valence electrons. The van der Waals surface area contributed by atoms with Crippen LogP contribution in [0, 0.1) is 6.92 Å². The Balaban J connectivity index is 2.04. The molecule has 22 heavy (non-hydrogen) atoms. The lowest BCUT2D eigenvalue weighted by molar-refractivity contribution is -0.119. The first-order valence-corrected chi connectivity index (χ1v) is 8.57. The van der Waals surface area contributed by atoms with Gasteiger partial charge in [0.25, 0.3) is 5.91 Å². The van der Waals surface area contributed by atoms with Gasteiger partial charge in [0.15, 0.2) is 0 Å². The standard InChI is InChI=1S/C17H15Br2NO2/c1-11-6-5-9-13(10-11)16(21)20-17(22)15(19)14(18)12-7-3-2-4-8-12/h2-10,14-15H,1H3,(H,20,21,22). The van der Waals surface area contributed by atoms with Gasteiger partial charge in [0.05, 0.1) is 4.83 Å². The molecule has 0 saturated heterocycles. The number of rotatable bonds is 4. The van der Waals surface area contributed by atoms with Crippen molar-refractivity contribution in [2.24, 2.45) is 0 Å². The highest BCUT2D eigenvalue weighted by molar-refractivity contribution is 9.12. The number of carbonyl (C=O) groups is 2. The predicted octanol–water partition coefficient (Wildman–Crippen LogP) is 4.15. The molecule has 0 heterocycles. The molecule has 2 amide bonds. The van der Waals surface area contributed by atoms with Gasteiger partial charge in [-0.1, -0.05) is 79.9 Å². The maximum atomic E-state index is 12.2. The molecule has 0 spiro atoms. The number of nitrogens with one attached hydrogen (secondary N) is 1. The van der Waals surface area contributed by atoms with Crippen LogP contribution in [-0.4, -0.2) is 16.6 Å². The number of halogens is 2. The summed E-state index contributed by atoms with van der Waals surface area (Å²) in [6.45, 7) is 1.90. The van der Waals surface area contributed by atoms with Gasteiger partial charge in [-0.05, 0) is 24.6 Å². The molecule has 3 nitrogen and oxygen atoms in total. The van der Waals surface area contributed by atoms with Gasteiger partial charge in [-0.2, -0.15) is 0 Å². The van der Waals surface area contributed by atoms with Crippen LogP contribution in [0.3, 0.4) is 0 Å². The number of imide groups is 1. The Morgan fingerprint density at radius 2 is 1.68 bits per heavy atom. The molecule has 0 aliphatic carbocycles. The Labute approximate surface area is 146 Å². The second kappa shape index (κ2) is 7.70. The second-order valence-corrected chi connectivity index (χ2v) is 6.88. The number of amides is 2. The normalized spacial score (nSPS) is 13.2. The predicted molar refractivity (Wildman–Crippen MR) is 94.5 cm³/mol. The molecule has 5 heteroatoms. The van der Waals surface area contributed by atoms with Crippen molar-refractivity contribution in [1.29, 1.82) is 0 Å². The molecule has 2 rings (SSSR count). The molecule has 2 aromatic rings. The molecule has 0 aromatic heterocycles. The lowest BCUT2D eigenvalue weighted by Crippen LogP contribution is -2.37. The van der Waals surface area contributed by atoms with E-state index in [-0.39, 0.29) is 10.7 Å². The summed E-state index contributed by atoms with van der Waals surface area (Å²) >= 11 is 6.84. The van der Waals surface area contributed by atoms with Gasteiger partial charge in [-0.3, -0.25) is 14.9 Å². The maximum Gasteiger partial charge on any atom is 0.257 e. The molecule has 0 radical (unpaired) electrons. The number of hydrogen-bond donors (Lipinski definition) is 1. The summed E-state index contributed by atoms with van der Waals surface area (Å²) in [5, 5.41) is 2.42. The van der Waals surface area contributed by atoms with Crippen LogP contribution in [0.2, 0.25) is 0 Å². The van der Waals surface area contributed by atoms with Crippen molar-refractivity contribution < 1.29 is 9.59 Å². The number of aryl methyl sites for hydroxylation is 1. The zero-order chi connectivity index (χ0) is 16.1. The monoisotopic (exact) mass is 423 g/mol. The van der Waals surface area contributed by atoms with E-state index in [1.54, 1.807) is 18.2 Å². The summed E-state index contributed by atoms with van der Waals surface area (Å²) in [5.74, 6) is -0.775. The Morgan fingerprint density at radius 3 is 2.32 bits per heavy atom. The Kier molecular flexibility index (Phi) is 5.91. The van der Waals surface area contributed by atoms with Crippen LogP contribution in [0.25, 0.3) is 0 Å².